The molecule has 11 heteroatoms. The molecule has 2 rings (SSSR count). The molecule has 0 aliphatic heterocycles. The fourth-order valence-electron chi connectivity index (χ4n) is 1.85. The van der Waals surface area contributed by atoms with Crippen molar-refractivity contribution in [3.63, 3.8) is 0 Å². The Morgan fingerprint density at radius 3 is 2.23 bits per heavy atom. The van der Waals surface area contributed by atoms with Crippen LogP contribution in [0.4, 0.5) is 23.2 Å². The fourth-order valence-corrected chi connectivity index (χ4v) is 3.02. The zero-order chi connectivity index (χ0) is 19.5. The normalized spacial score (nSPS) is 12.0. The number of amides is 1. The molecule has 26 heavy (non-hydrogen) atoms. The average Bonchev–Trinajstić information content (AvgIpc) is 2.53. The lowest BCUT2D eigenvalue weighted by Crippen LogP contribution is -2.33. The van der Waals surface area contributed by atoms with Crippen molar-refractivity contribution in [2.24, 2.45) is 0 Å². The molecule has 0 aliphatic carbocycles. The number of sulfonamides is 1. The van der Waals surface area contributed by atoms with Crippen LogP contribution in [0.15, 0.2) is 47.4 Å². The quantitative estimate of drug-likeness (QED) is 0.740. The minimum Gasteiger partial charge on any atom is -0.322 e. The van der Waals surface area contributed by atoms with Crippen molar-refractivity contribution in [2.45, 2.75) is 11.1 Å². The Balaban J connectivity index is 2.10. The summed E-state index contributed by atoms with van der Waals surface area (Å²) in [6.07, 6.45) is -4.69. The summed E-state index contributed by atoms with van der Waals surface area (Å²) in [5.74, 6) is -1.64. The van der Waals surface area contributed by atoms with Crippen LogP contribution < -0.4 is 10.0 Å². The van der Waals surface area contributed by atoms with Crippen LogP contribution in [0.1, 0.15) is 10.4 Å². The van der Waals surface area contributed by atoms with Crippen molar-refractivity contribution in [3.05, 3.63) is 58.9 Å². The van der Waals surface area contributed by atoms with Gasteiger partial charge in [0.25, 0.3) is 5.91 Å². The van der Waals surface area contributed by atoms with E-state index in [0.717, 1.165) is 30.3 Å². The lowest BCUT2D eigenvalue weighted by molar-refractivity contribution is -0.121. The van der Waals surface area contributed by atoms with Crippen molar-refractivity contribution >= 4 is 33.2 Å². The summed E-state index contributed by atoms with van der Waals surface area (Å²) < 4.78 is 74.9. The predicted octanol–water partition coefficient (Wildman–Crippen LogP) is 3.57. The summed E-state index contributed by atoms with van der Waals surface area (Å²) >= 11 is 5.59. The molecule has 0 saturated heterocycles. The van der Waals surface area contributed by atoms with E-state index in [0.29, 0.717) is 0 Å². The van der Waals surface area contributed by atoms with Gasteiger partial charge >= 0.3 is 6.18 Å². The summed E-state index contributed by atoms with van der Waals surface area (Å²) in [5, 5.41) is 2.45. The maximum atomic E-state index is 13.7. The molecule has 1 amide bonds. The maximum absolute atomic E-state index is 13.7. The molecular weight excluding hydrogens is 400 g/mol. The number of anilines is 1. The number of alkyl halides is 3. The first-order valence-corrected chi connectivity index (χ1v) is 8.77. The Labute approximate surface area is 151 Å². The molecule has 0 aromatic heterocycles. The van der Waals surface area contributed by atoms with Gasteiger partial charge in [-0.05, 0) is 42.5 Å². The largest absolute Gasteiger partial charge is 0.402 e. The minimum atomic E-state index is -4.69. The van der Waals surface area contributed by atoms with E-state index in [9.17, 15) is 30.8 Å². The van der Waals surface area contributed by atoms with Crippen molar-refractivity contribution in [1.29, 1.82) is 0 Å². The van der Waals surface area contributed by atoms with Crippen molar-refractivity contribution < 1.29 is 30.8 Å². The molecule has 0 aliphatic rings. The minimum absolute atomic E-state index is 0.111. The van der Waals surface area contributed by atoms with Gasteiger partial charge in [-0.25, -0.2) is 17.5 Å². The van der Waals surface area contributed by atoms with Crippen LogP contribution >= 0.6 is 11.6 Å². The van der Waals surface area contributed by atoms with Gasteiger partial charge in [-0.3, -0.25) is 4.79 Å². The molecule has 5 nitrogen and oxygen atoms in total. The van der Waals surface area contributed by atoms with E-state index >= 15 is 0 Å². The van der Waals surface area contributed by atoms with Gasteiger partial charge in [-0.2, -0.15) is 13.2 Å². The lowest BCUT2D eigenvalue weighted by Gasteiger charge is -2.10. The van der Waals surface area contributed by atoms with Gasteiger partial charge in [0.1, 0.15) is 12.4 Å². The van der Waals surface area contributed by atoms with Gasteiger partial charge in [0.15, 0.2) is 0 Å². The molecular formula is C15H11ClF4N2O3S. The zero-order valence-corrected chi connectivity index (χ0v) is 14.3. The van der Waals surface area contributed by atoms with E-state index in [1.54, 1.807) is 0 Å². The average molecular weight is 411 g/mol. The van der Waals surface area contributed by atoms with Crippen LogP contribution in [0.5, 0.6) is 0 Å². The van der Waals surface area contributed by atoms with E-state index in [1.165, 1.54) is 16.9 Å². The second kappa shape index (κ2) is 7.60. The summed E-state index contributed by atoms with van der Waals surface area (Å²) in [6, 6.07) is 7.79. The Bertz CT molecular complexity index is 915. The monoisotopic (exact) mass is 410 g/mol. The summed E-state index contributed by atoms with van der Waals surface area (Å²) in [7, 11) is -4.36. The fraction of sp³-hybridized carbons (Fsp3) is 0.133. The SMILES string of the molecule is O=C(Nc1ccc(S(=O)(=O)NCC(F)(F)F)cc1)c1ccc(Cl)cc1F. The zero-order valence-electron chi connectivity index (χ0n) is 12.8. The number of rotatable bonds is 5. The van der Waals surface area contributed by atoms with E-state index in [-0.39, 0.29) is 16.3 Å². The number of nitrogens with one attached hydrogen (secondary N) is 2. The smallest absolute Gasteiger partial charge is 0.322 e. The molecule has 0 spiro atoms. The van der Waals surface area contributed by atoms with E-state index in [2.05, 4.69) is 5.32 Å². The predicted molar refractivity (Wildman–Crippen MR) is 87.0 cm³/mol. The highest BCUT2D eigenvalue weighted by atomic mass is 35.5. The molecule has 140 valence electrons. The standard InChI is InChI=1S/C15H11ClF4N2O3S/c16-9-1-6-12(13(17)7-9)14(23)22-10-2-4-11(5-3-10)26(24,25)21-8-15(18,19)20/h1-7,21H,8H2,(H,22,23). The molecule has 0 heterocycles. The Morgan fingerprint density at radius 1 is 1.08 bits per heavy atom. The number of hydrogen-bond donors (Lipinski definition) is 2. The third-order valence-electron chi connectivity index (χ3n) is 3.06. The molecule has 2 aromatic carbocycles. The maximum Gasteiger partial charge on any atom is 0.402 e. The van der Waals surface area contributed by atoms with Gasteiger partial charge < -0.3 is 5.32 Å². The van der Waals surface area contributed by atoms with Crippen LogP contribution in [-0.4, -0.2) is 27.0 Å². The molecule has 0 unspecified atom stereocenters. The molecule has 0 radical (unpaired) electrons. The lowest BCUT2D eigenvalue weighted by atomic mass is 10.2. The summed E-state index contributed by atoms with van der Waals surface area (Å²) in [6.45, 7) is -1.70. The second-order valence-corrected chi connectivity index (χ2v) is 7.25. The first kappa shape index (κ1) is 20.1. The molecule has 0 saturated carbocycles. The van der Waals surface area contributed by atoms with Crippen molar-refractivity contribution in [3.8, 4) is 0 Å². The van der Waals surface area contributed by atoms with Gasteiger partial charge in [0.2, 0.25) is 10.0 Å². The number of benzene rings is 2. The molecule has 2 N–H and O–H groups in total. The van der Waals surface area contributed by atoms with Gasteiger partial charge in [0.05, 0.1) is 10.5 Å². The number of carbonyl (C=O) groups excluding carboxylic acids is 1. The first-order valence-electron chi connectivity index (χ1n) is 6.91. The highest BCUT2D eigenvalue weighted by molar-refractivity contribution is 7.89. The Hall–Kier alpha value is -2.17. The number of halogens is 5. The van der Waals surface area contributed by atoms with E-state index < -0.39 is 39.4 Å². The Kier molecular flexibility index (Phi) is 5.89. The summed E-state index contributed by atoms with van der Waals surface area (Å²) in [4.78, 5) is 11.6. The molecule has 2 aromatic rings. The van der Waals surface area contributed by atoms with Crippen LogP contribution in [0.2, 0.25) is 5.02 Å². The highest BCUT2D eigenvalue weighted by Crippen LogP contribution is 2.19. The van der Waals surface area contributed by atoms with Crippen LogP contribution in [-0.2, 0) is 10.0 Å². The molecule has 0 fully saturated rings. The summed E-state index contributed by atoms with van der Waals surface area (Å²) in [5.41, 5.74) is -0.155. The van der Waals surface area contributed by atoms with Gasteiger partial charge in [-0.15, -0.1) is 0 Å². The van der Waals surface area contributed by atoms with Crippen LogP contribution in [0.3, 0.4) is 0 Å². The number of carbonyl (C=O) groups is 1. The van der Waals surface area contributed by atoms with Crippen molar-refractivity contribution in [1.82, 2.24) is 4.72 Å². The van der Waals surface area contributed by atoms with Crippen LogP contribution in [0.25, 0.3) is 0 Å². The third kappa shape index (κ3) is 5.41. The first-order chi connectivity index (χ1) is 12.0. The Morgan fingerprint density at radius 2 is 1.69 bits per heavy atom. The van der Waals surface area contributed by atoms with Gasteiger partial charge in [-0.1, -0.05) is 11.6 Å². The van der Waals surface area contributed by atoms with Crippen LogP contribution in [0, 0.1) is 5.82 Å². The topological polar surface area (TPSA) is 75.3 Å². The third-order valence-corrected chi connectivity index (χ3v) is 4.71. The van der Waals surface area contributed by atoms with E-state index in [1.807, 2.05) is 0 Å². The van der Waals surface area contributed by atoms with Gasteiger partial charge in [0, 0.05) is 10.7 Å². The molecule has 0 bridgehead atoms. The van der Waals surface area contributed by atoms with Crippen molar-refractivity contribution in [2.75, 3.05) is 11.9 Å². The van der Waals surface area contributed by atoms with E-state index in [4.69, 9.17) is 11.6 Å². The highest BCUT2D eigenvalue weighted by Gasteiger charge is 2.30. The number of hydrogen-bond acceptors (Lipinski definition) is 3. The molecule has 0 atom stereocenters. The second-order valence-electron chi connectivity index (χ2n) is 5.04.